The molecule has 0 atom stereocenters. The van der Waals surface area contributed by atoms with Crippen molar-refractivity contribution < 1.29 is 14.3 Å². The molecule has 2 aromatic carbocycles. The van der Waals surface area contributed by atoms with Crippen LogP contribution in [0.4, 0.5) is 0 Å². The summed E-state index contributed by atoms with van der Waals surface area (Å²) >= 11 is 3.63. The van der Waals surface area contributed by atoms with E-state index in [-0.39, 0.29) is 12.5 Å². The van der Waals surface area contributed by atoms with Gasteiger partial charge in [0, 0.05) is 27.1 Å². The molecule has 29 heavy (non-hydrogen) atoms. The number of halogens is 1. The molecule has 0 radical (unpaired) electrons. The van der Waals surface area contributed by atoms with Crippen LogP contribution in [0.5, 0.6) is 11.5 Å². The van der Waals surface area contributed by atoms with E-state index in [0.717, 1.165) is 27.1 Å². The van der Waals surface area contributed by atoms with Crippen molar-refractivity contribution in [2.24, 2.45) is 5.10 Å². The molecular formula is C22H22BrN3O3. The molecule has 7 heteroatoms. The molecule has 0 aliphatic carbocycles. The molecule has 6 nitrogen and oxygen atoms in total. The number of carbonyl (C=O) groups excluding carboxylic acids is 1. The van der Waals surface area contributed by atoms with Crippen LogP contribution in [0.25, 0.3) is 5.69 Å². The zero-order valence-electron chi connectivity index (χ0n) is 16.5. The number of nitrogens with zero attached hydrogens (tertiary/aromatic N) is 2. The van der Waals surface area contributed by atoms with Gasteiger partial charge in [0.25, 0.3) is 5.91 Å². The normalized spacial score (nSPS) is 10.9. The van der Waals surface area contributed by atoms with Crippen molar-refractivity contribution in [3.05, 3.63) is 76.0 Å². The molecule has 0 bridgehead atoms. The number of methoxy groups -OCH3 is 1. The SMILES string of the molecule is COc1ccccc1OCC(=O)N/N=C\c1c(Br)c(C)n(-c2ccccc2)c1C. The molecule has 0 saturated carbocycles. The molecule has 0 spiro atoms. The molecule has 3 rings (SSSR count). The van der Waals surface area contributed by atoms with Crippen LogP contribution in [-0.4, -0.2) is 30.4 Å². The third kappa shape index (κ3) is 4.68. The number of ether oxygens (including phenoxy) is 2. The predicted octanol–water partition coefficient (Wildman–Crippen LogP) is 4.39. The van der Waals surface area contributed by atoms with Gasteiger partial charge in [0.1, 0.15) is 0 Å². The second-order valence-corrected chi connectivity index (χ2v) is 7.10. The molecule has 0 saturated heterocycles. The fourth-order valence-corrected chi connectivity index (χ4v) is 3.59. The monoisotopic (exact) mass is 455 g/mol. The number of hydrogen-bond acceptors (Lipinski definition) is 4. The lowest BCUT2D eigenvalue weighted by Gasteiger charge is -2.09. The van der Waals surface area contributed by atoms with Gasteiger partial charge >= 0.3 is 0 Å². The Bertz CT molecular complexity index is 1030. The van der Waals surface area contributed by atoms with E-state index in [4.69, 9.17) is 9.47 Å². The lowest BCUT2D eigenvalue weighted by molar-refractivity contribution is -0.123. The zero-order valence-corrected chi connectivity index (χ0v) is 18.1. The van der Waals surface area contributed by atoms with E-state index in [0.29, 0.717) is 11.5 Å². The van der Waals surface area contributed by atoms with Gasteiger partial charge in [0.2, 0.25) is 0 Å². The van der Waals surface area contributed by atoms with Crippen LogP contribution in [-0.2, 0) is 4.79 Å². The minimum Gasteiger partial charge on any atom is -0.493 e. The van der Waals surface area contributed by atoms with Crippen molar-refractivity contribution >= 4 is 28.1 Å². The molecule has 0 aliphatic heterocycles. The van der Waals surface area contributed by atoms with Crippen LogP contribution in [0.1, 0.15) is 17.0 Å². The van der Waals surface area contributed by atoms with Gasteiger partial charge in [0.05, 0.1) is 13.3 Å². The Hall–Kier alpha value is -3.06. The molecule has 1 heterocycles. The predicted molar refractivity (Wildman–Crippen MR) is 117 cm³/mol. The number of hydrazone groups is 1. The quantitative estimate of drug-likeness (QED) is 0.424. The Morgan fingerprint density at radius 3 is 2.41 bits per heavy atom. The zero-order chi connectivity index (χ0) is 20.8. The number of benzene rings is 2. The maximum atomic E-state index is 12.1. The average molecular weight is 456 g/mol. The van der Waals surface area contributed by atoms with Crippen LogP contribution >= 0.6 is 15.9 Å². The number of rotatable bonds is 7. The van der Waals surface area contributed by atoms with Crippen molar-refractivity contribution in [3.8, 4) is 17.2 Å². The maximum Gasteiger partial charge on any atom is 0.277 e. The number of amides is 1. The van der Waals surface area contributed by atoms with Gasteiger partial charge in [-0.3, -0.25) is 4.79 Å². The van der Waals surface area contributed by atoms with E-state index in [2.05, 4.69) is 31.0 Å². The van der Waals surface area contributed by atoms with Gasteiger partial charge in [0.15, 0.2) is 18.1 Å². The number of carbonyl (C=O) groups is 1. The van der Waals surface area contributed by atoms with Gasteiger partial charge in [-0.15, -0.1) is 0 Å². The molecule has 3 aromatic rings. The third-order valence-corrected chi connectivity index (χ3v) is 5.44. The fraction of sp³-hybridized carbons (Fsp3) is 0.182. The summed E-state index contributed by atoms with van der Waals surface area (Å²) in [4.78, 5) is 12.1. The van der Waals surface area contributed by atoms with E-state index in [1.165, 1.54) is 0 Å². The highest BCUT2D eigenvalue weighted by Gasteiger charge is 2.15. The lowest BCUT2D eigenvalue weighted by atomic mass is 10.2. The minimum atomic E-state index is -0.361. The topological polar surface area (TPSA) is 64.8 Å². The summed E-state index contributed by atoms with van der Waals surface area (Å²) in [6.07, 6.45) is 1.63. The maximum absolute atomic E-state index is 12.1. The Morgan fingerprint density at radius 2 is 1.72 bits per heavy atom. The Kier molecular flexibility index (Phi) is 6.72. The summed E-state index contributed by atoms with van der Waals surface area (Å²) in [5, 5.41) is 4.09. The average Bonchev–Trinajstić information content (AvgIpc) is 2.96. The molecular weight excluding hydrogens is 434 g/mol. The molecule has 150 valence electrons. The summed E-state index contributed by atoms with van der Waals surface area (Å²) < 4.78 is 13.8. The molecule has 0 aliphatic rings. The van der Waals surface area contributed by atoms with Crippen molar-refractivity contribution in [3.63, 3.8) is 0 Å². The highest BCUT2D eigenvalue weighted by molar-refractivity contribution is 9.10. The number of aromatic nitrogens is 1. The van der Waals surface area contributed by atoms with Crippen LogP contribution in [0.15, 0.2) is 64.2 Å². The first-order valence-corrected chi connectivity index (χ1v) is 9.82. The number of nitrogens with one attached hydrogen (secondary N) is 1. The Morgan fingerprint density at radius 1 is 1.07 bits per heavy atom. The van der Waals surface area contributed by atoms with Gasteiger partial charge < -0.3 is 14.0 Å². The summed E-state index contributed by atoms with van der Waals surface area (Å²) in [6, 6.07) is 17.2. The van der Waals surface area contributed by atoms with Crippen molar-refractivity contribution in [1.29, 1.82) is 0 Å². The van der Waals surface area contributed by atoms with Gasteiger partial charge in [-0.2, -0.15) is 5.10 Å². The van der Waals surface area contributed by atoms with Gasteiger partial charge in [-0.05, 0) is 54.0 Å². The Labute approximate surface area is 178 Å². The summed E-state index contributed by atoms with van der Waals surface area (Å²) in [5.41, 5.74) is 6.54. The van der Waals surface area contributed by atoms with Crippen molar-refractivity contribution in [2.45, 2.75) is 13.8 Å². The van der Waals surface area contributed by atoms with E-state index < -0.39 is 0 Å². The molecule has 0 fully saturated rings. The van der Waals surface area contributed by atoms with Crippen molar-refractivity contribution in [1.82, 2.24) is 9.99 Å². The van der Waals surface area contributed by atoms with E-state index in [9.17, 15) is 4.79 Å². The van der Waals surface area contributed by atoms with Gasteiger partial charge in [-0.25, -0.2) is 5.43 Å². The lowest BCUT2D eigenvalue weighted by Crippen LogP contribution is -2.24. The first-order chi connectivity index (χ1) is 14.0. The standard InChI is InChI=1S/C22H22BrN3O3/c1-15-18(22(23)16(2)26(15)17-9-5-4-6-10-17)13-24-25-21(27)14-29-20-12-8-7-11-19(20)28-3/h4-13H,14H2,1-3H3,(H,25,27)/b24-13-. The van der Waals surface area contributed by atoms with Gasteiger partial charge in [-0.1, -0.05) is 30.3 Å². The highest BCUT2D eigenvalue weighted by atomic mass is 79.9. The fourth-order valence-electron chi connectivity index (χ4n) is 3.02. The molecule has 1 amide bonds. The largest absolute Gasteiger partial charge is 0.493 e. The first-order valence-electron chi connectivity index (χ1n) is 9.03. The second kappa shape index (κ2) is 9.43. The van der Waals surface area contributed by atoms with E-state index in [1.54, 1.807) is 25.5 Å². The number of hydrogen-bond donors (Lipinski definition) is 1. The van der Waals surface area contributed by atoms with E-state index >= 15 is 0 Å². The number of para-hydroxylation sites is 3. The summed E-state index contributed by atoms with van der Waals surface area (Å²) in [6.45, 7) is 3.88. The Balaban J connectivity index is 1.67. The first kappa shape index (κ1) is 20.7. The smallest absolute Gasteiger partial charge is 0.277 e. The van der Waals surface area contributed by atoms with Crippen LogP contribution in [0.3, 0.4) is 0 Å². The summed E-state index contributed by atoms with van der Waals surface area (Å²) in [7, 11) is 1.55. The van der Waals surface area contributed by atoms with E-state index in [1.807, 2.05) is 56.3 Å². The van der Waals surface area contributed by atoms with Crippen LogP contribution < -0.4 is 14.9 Å². The van der Waals surface area contributed by atoms with Crippen LogP contribution in [0.2, 0.25) is 0 Å². The second-order valence-electron chi connectivity index (χ2n) is 6.30. The molecule has 1 N–H and O–H groups in total. The van der Waals surface area contributed by atoms with Crippen LogP contribution in [0, 0.1) is 13.8 Å². The molecule has 0 unspecified atom stereocenters. The third-order valence-electron chi connectivity index (χ3n) is 4.44. The van der Waals surface area contributed by atoms with Crippen molar-refractivity contribution in [2.75, 3.05) is 13.7 Å². The summed E-state index contributed by atoms with van der Waals surface area (Å²) in [5.74, 6) is 0.713. The highest BCUT2D eigenvalue weighted by Crippen LogP contribution is 2.29. The molecule has 1 aromatic heterocycles. The minimum absolute atomic E-state index is 0.165.